The molecule has 1 aromatic rings. The average molecular weight is 276 g/mol. The topological polar surface area (TPSA) is 61.0 Å². The molecule has 1 unspecified atom stereocenters. The summed E-state index contributed by atoms with van der Waals surface area (Å²) < 4.78 is 38.7. The lowest BCUT2D eigenvalue weighted by atomic mass is 9.88. The van der Waals surface area contributed by atoms with Gasteiger partial charge < -0.3 is 10.2 Å². The van der Waals surface area contributed by atoms with Gasteiger partial charge in [0.1, 0.15) is 0 Å². The number of H-pyrrole nitrogens is 1. The number of halogens is 3. The van der Waals surface area contributed by atoms with Crippen molar-refractivity contribution in [2.45, 2.75) is 32.0 Å². The van der Waals surface area contributed by atoms with E-state index in [0.717, 1.165) is 0 Å². The Morgan fingerprint density at radius 1 is 1.58 bits per heavy atom. The fourth-order valence-corrected chi connectivity index (χ4v) is 2.53. The molecule has 0 aliphatic carbocycles. The van der Waals surface area contributed by atoms with Gasteiger partial charge in [-0.1, -0.05) is 0 Å². The van der Waals surface area contributed by atoms with E-state index in [2.05, 4.69) is 15.5 Å². The Bertz CT molecular complexity index is 455. The van der Waals surface area contributed by atoms with Gasteiger partial charge in [0.05, 0.1) is 23.3 Å². The predicted molar refractivity (Wildman–Crippen MR) is 62.6 cm³/mol. The Labute approximate surface area is 108 Å². The van der Waals surface area contributed by atoms with Crippen LogP contribution in [0, 0.1) is 5.92 Å². The minimum absolute atomic E-state index is 0.0741. The largest absolute Gasteiger partial charge is 0.394 e. The van der Waals surface area contributed by atoms with Crippen LogP contribution < -0.4 is 5.32 Å². The number of carbonyl (C=O) groups excluding carboxylic acids is 1. The fourth-order valence-electron chi connectivity index (χ4n) is 2.53. The number of nitrogens with one attached hydrogen (secondary N) is 2. The van der Waals surface area contributed by atoms with Crippen LogP contribution in [-0.4, -0.2) is 39.4 Å². The van der Waals surface area contributed by atoms with Crippen molar-refractivity contribution in [3.05, 3.63) is 12.4 Å². The summed E-state index contributed by atoms with van der Waals surface area (Å²) in [6, 6.07) is -0.543. The van der Waals surface area contributed by atoms with Crippen LogP contribution in [0.3, 0.4) is 0 Å². The maximum atomic E-state index is 12.9. The molecule has 0 spiro atoms. The molecule has 1 saturated heterocycles. The number of nitrogens with zero attached hydrogens (tertiary/aromatic N) is 2. The summed E-state index contributed by atoms with van der Waals surface area (Å²) in [7, 11) is 0. The molecule has 1 atom stereocenters. The zero-order valence-corrected chi connectivity index (χ0v) is 10.6. The van der Waals surface area contributed by atoms with Gasteiger partial charge in [-0.25, -0.2) is 4.79 Å². The van der Waals surface area contributed by atoms with Crippen LogP contribution in [0.5, 0.6) is 0 Å². The maximum Gasteiger partial charge on any atom is 0.394 e. The molecule has 0 bridgehead atoms. The van der Waals surface area contributed by atoms with Crippen LogP contribution in [0.4, 0.5) is 23.7 Å². The quantitative estimate of drug-likeness (QED) is 0.828. The number of amides is 2. The molecule has 0 radical (unpaired) electrons. The van der Waals surface area contributed by atoms with Gasteiger partial charge in [0, 0.05) is 12.7 Å². The highest BCUT2D eigenvalue weighted by molar-refractivity contribution is 5.89. The van der Waals surface area contributed by atoms with Crippen molar-refractivity contribution in [3.8, 4) is 0 Å². The number of carbonyl (C=O) groups is 1. The second-order valence-corrected chi connectivity index (χ2v) is 5.11. The van der Waals surface area contributed by atoms with Crippen LogP contribution in [0.15, 0.2) is 12.4 Å². The van der Waals surface area contributed by atoms with Crippen LogP contribution in [0.1, 0.15) is 20.3 Å². The third-order valence-corrected chi connectivity index (χ3v) is 3.58. The van der Waals surface area contributed by atoms with Crippen LogP contribution in [-0.2, 0) is 0 Å². The molecule has 106 valence electrons. The lowest BCUT2D eigenvalue weighted by molar-refractivity contribution is -0.189. The van der Waals surface area contributed by atoms with E-state index in [9.17, 15) is 18.0 Å². The molecule has 1 aliphatic rings. The third kappa shape index (κ3) is 2.52. The summed E-state index contributed by atoms with van der Waals surface area (Å²) in [5.41, 5.74) is -0.831. The summed E-state index contributed by atoms with van der Waals surface area (Å²) in [5, 5.41) is 8.69. The second-order valence-electron chi connectivity index (χ2n) is 5.11. The number of anilines is 1. The standard InChI is InChI=1S/C11H15F3N4O/c1-10(2)8(11(12,13)14)3-4-18(10)9(19)17-7-5-15-16-6-7/h5-6,8H,3-4H2,1-2H3,(H,15,16)(H,17,19). The molecule has 8 heteroatoms. The molecular formula is C11H15F3N4O. The van der Waals surface area contributed by atoms with Gasteiger partial charge in [0.15, 0.2) is 0 Å². The number of aromatic amines is 1. The van der Waals surface area contributed by atoms with E-state index in [-0.39, 0.29) is 13.0 Å². The highest BCUT2D eigenvalue weighted by Crippen LogP contribution is 2.44. The Hall–Kier alpha value is -1.73. The predicted octanol–water partition coefficient (Wildman–Crippen LogP) is 2.60. The van der Waals surface area contributed by atoms with Crippen molar-refractivity contribution in [1.82, 2.24) is 15.1 Å². The number of rotatable bonds is 1. The van der Waals surface area contributed by atoms with Crippen molar-refractivity contribution in [1.29, 1.82) is 0 Å². The van der Waals surface area contributed by atoms with E-state index in [1.54, 1.807) is 0 Å². The molecule has 1 fully saturated rings. The van der Waals surface area contributed by atoms with Gasteiger partial charge in [0.25, 0.3) is 0 Å². The molecule has 0 aromatic carbocycles. The minimum atomic E-state index is -4.30. The number of alkyl halides is 3. The monoisotopic (exact) mass is 276 g/mol. The lowest BCUT2D eigenvalue weighted by Gasteiger charge is -2.36. The van der Waals surface area contributed by atoms with Gasteiger partial charge >= 0.3 is 12.2 Å². The maximum absolute atomic E-state index is 12.9. The van der Waals surface area contributed by atoms with Crippen LogP contribution >= 0.6 is 0 Å². The molecule has 19 heavy (non-hydrogen) atoms. The van der Waals surface area contributed by atoms with Gasteiger partial charge in [-0.2, -0.15) is 18.3 Å². The highest BCUT2D eigenvalue weighted by Gasteiger charge is 2.56. The molecule has 0 saturated carbocycles. The zero-order valence-electron chi connectivity index (χ0n) is 10.6. The first-order chi connectivity index (χ1) is 8.73. The summed E-state index contributed by atoms with van der Waals surface area (Å²) >= 11 is 0. The van der Waals surface area contributed by atoms with Gasteiger partial charge in [-0.15, -0.1) is 0 Å². The molecule has 5 nitrogen and oxygen atoms in total. The molecule has 2 heterocycles. The van der Waals surface area contributed by atoms with Crippen molar-refractivity contribution in [3.63, 3.8) is 0 Å². The minimum Gasteiger partial charge on any atom is -0.319 e. The first-order valence-corrected chi connectivity index (χ1v) is 5.87. The average Bonchev–Trinajstić information content (AvgIpc) is 2.83. The van der Waals surface area contributed by atoms with Crippen molar-refractivity contribution < 1.29 is 18.0 Å². The Morgan fingerprint density at radius 2 is 2.26 bits per heavy atom. The third-order valence-electron chi connectivity index (χ3n) is 3.58. The Balaban J connectivity index is 2.12. The SMILES string of the molecule is CC1(C)C(C(F)(F)F)CCN1C(=O)Nc1cn[nH]c1. The highest BCUT2D eigenvalue weighted by atomic mass is 19.4. The van der Waals surface area contributed by atoms with Crippen molar-refractivity contribution in [2.75, 3.05) is 11.9 Å². The van der Waals surface area contributed by atoms with Gasteiger partial charge in [0.2, 0.25) is 0 Å². The molecule has 1 aromatic heterocycles. The smallest absolute Gasteiger partial charge is 0.319 e. The number of likely N-dealkylation sites (tertiary alicyclic amines) is 1. The van der Waals surface area contributed by atoms with Crippen LogP contribution in [0.25, 0.3) is 0 Å². The van der Waals surface area contributed by atoms with E-state index >= 15 is 0 Å². The number of urea groups is 1. The van der Waals surface area contributed by atoms with E-state index in [1.165, 1.54) is 31.1 Å². The van der Waals surface area contributed by atoms with E-state index in [4.69, 9.17) is 0 Å². The normalized spacial score (nSPS) is 22.6. The fraction of sp³-hybridized carbons (Fsp3) is 0.636. The van der Waals surface area contributed by atoms with Gasteiger partial charge in [-0.3, -0.25) is 5.10 Å². The Morgan fingerprint density at radius 3 is 2.74 bits per heavy atom. The summed E-state index contributed by atoms with van der Waals surface area (Å²) in [4.78, 5) is 13.2. The Kier molecular flexibility index (Phi) is 3.19. The van der Waals surface area contributed by atoms with Crippen molar-refractivity contribution in [2.24, 2.45) is 5.92 Å². The molecule has 2 rings (SSSR count). The number of hydrogen-bond donors (Lipinski definition) is 2. The van der Waals surface area contributed by atoms with E-state index in [1.807, 2.05) is 0 Å². The summed E-state index contributed by atoms with van der Waals surface area (Å²) in [6.45, 7) is 2.96. The second kappa shape index (κ2) is 4.43. The zero-order chi connectivity index (χ0) is 14.3. The first kappa shape index (κ1) is 13.7. The number of aromatic nitrogens is 2. The van der Waals surface area contributed by atoms with Gasteiger partial charge in [-0.05, 0) is 20.3 Å². The lowest BCUT2D eigenvalue weighted by Crippen LogP contribution is -2.51. The first-order valence-electron chi connectivity index (χ1n) is 5.87. The summed E-state index contributed by atoms with van der Waals surface area (Å²) in [6.07, 6.45) is -1.52. The molecular weight excluding hydrogens is 261 g/mol. The van der Waals surface area contributed by atoms with Crippen LogP contribution in [0.2, 0.25) is 0 Å². The number of hydrogen-bond acceptors (Lipinski definition) is 2. The molecule has 1 aliphatic heterocycles. The van der Waals surface area contributed by atoms with E-state index in [0.29, 0.717) is 5.69 Å². The summed E-state index contributed by atoms with van der Waals surface area (Å²) in [5.74, 6) is -1.50. The van der Waals surface area contributed by atoms with E-state index < -0.39 is 23.7 Å². The van der Waals surface area contributed by atoms with Crippen molar-refractivity contribution >= 4 is 11.7 Å². The molecule has 2 N–H and O–H groups in total. The molecule has 2 amide bonds.